The second-order valence-corrected chi connectivity index (χ2v) is 10.7. The van der Waals surface area contributed by atoms with Crippen LogP contribution >= 0.6 is 0 Å². The number of carbonyl (C=O) groups is 3. The van der Waals surface area contributed by atoms with E-state index in [1.165, 1.54) is 32.1 Å². The summed E-state index contributed by atoms with van der Waals surface area (Å²) < 4.78 is 5.90. The lowest BCUT2D eigenvalue weighted by Gasteiger charge is -2.18. The molecule has 0 saturated carbocycles. The van der Waals surface area contributed by atoms with Crippen LogP contribution in [0, 0.1) is 0 Å². The van der Waals surface area contributed by atoms with Gasteiger partial charge in [0.1, 0.15) is 12.6 Å². The van der Waals surface area contributed by atoms with Gasteiger partial charge in [-0.2, -0.15) is 0 Å². The average molecular weight is 562 g/mol. The first-order chi connectivity index (χ1) is 19.5. The molecular weight excluding hydrogens is 502 g/mol. The van der Waals surface area contributed by atoms with E-state index in [2.05, 4.69) is 55.6 Å². The Bertz CT molecular complexity index is 713. The van der Waals surface area contributed by atoms with Gasteiger partial charge in [-0.1, -0.05) is 102 Å². The van der Waals surface area contributed by atoms with E-state index in [0.29, 0.717) is 12.8 Å². The predicted octanol–water partition coefficient (Wildman–Crippen LogP) is 9.00. The Morgan fingerprint density at radius 3 is 1.88 bits per heavy atom. The van der Waals surface area contributed by atoms with Crippen molar-refractivity contribution in [3.05, 3.63) is 36.5 Å². The second kappa shape index (κ2) is 29.6. The van der Waals surface area contributed by atoms with Crippen LogP contribution in [-0.4, -0.2) is 35.6 Å². The molecule has 2 N–H and O–H groups in total. The summed E-state index contributed by atoms with van der Waals surface area (Å²) in [4.78, 5) is 34.6. The molecule has 40 heavy (non-hydrogen) atoms. The zero-order valence-electron chi connectivity index (χ0n) is 25.7. The fourth-order valence-corrected chi connectivity index (χ4v) is 4.47. The van der Waals surface area contributed by atoms with Crippen molar-refractivity contribution in [2.24, 2.45) is 0 Å². The van der Waals surface area contributed by atoms with Crippen LogP contribution < -0.4 is 5.32 Å². The van der Waals surface area contributed by atoms with Crippen molar-refractivity contribution >= 4 is 17.8 Å². The van der Waals surface area contributed by atoms with Crippen molar-refractivity contribution in [2.75, 3.05) is 6.54 Å². The molecule has 0 aliphatic carbocycles. The van der Waals surface area contributed by atoms with Gasteiger partial charge in [0.25, 0.3) is 0 Å². The van der Waals surface area contributed by atoms with E-state index in [1.54, 1.807) is 0 Å². The van der Waals surface area contributed by atoms with E-state index in [1.807, 2.05) is 0 Å². The number of rotatable bonds is 28. The number of amides is 1. The zero-order chi connectivity index (χ0) is 29.5. The molecule has 0 saturated heterocycles. The van der Waals surface area contributed by atoms with Crippen molar-refractivity contribution in [1.82, 2.24) is 5.32 Å². The zero-order valence-corrected chi connectivity index (χ0v) is 25.7. The Balaban J connectivity index is 4.14. The average Bonchev–Trinajstić information content (AvgIpc) is 2.93. The number of unbranched alkanes of at least 4 members (excludes halogenated alkanes) is 11. The van der Waals surface area contributed by atoms with E-state index in [4.69, 9.17) is 9.84 Å². The summed E-state index contributed by atoms with van der Waals surface area (Å²) in [5.74, 6) is -1.30. The lowest BCUT2D eigenvalue weighted by Crippen LogP contribution is -2.28. The molecule has 0 aromatic carbocycles. The first-order valence-electron chi connectivity index (χ1n) is 16.1. The van der Waals surface area contributed by atoms with Gasteiger partial charge in [0, 0.05) is 12.8 Å². The smallest absolute Gasteiger partial charge is 0.322 e. The van der Waals surface area contributed by atoms with Crippen molar-refractivity contribution in [3.8, 4) is 0 Å². The number of aliphatic carboxylic acids is 1. The quantitative estimate of drug-likeness (QED) is 0.0565. The number of esters is 1. The number of nitrogens with one attached hydrogen (secondary N) is 1. The Morgan fingerprint density at radius 2 is 1.23 bits per heavy atom. The summed E-state index contributed by atoms with van der Waals surface area (Å²) in [6.45, 7) is 4.05. The van der Waals surface area contributed by atoms with Crippen LogP contribution in [0.5, 0.6) is 0 Å². The van der Waals surface area contributed by atoms with Gasteiger partial charge in [-0.15, -0.1) is 0 Å². The van der Waals surface area contributed by atoms with E-state index < -0.39 is 5.97 Å². The maximum atomic E-state index is 12.5. The van der Waals surface area contributed by atoms with E-state index in [-0.39, 0.29) is 24.5 Å². The molecule has 0 rings (SSSR count). The largest absolute Gasteiger partial charge is 0.480 e. The third-order valence-electron chi connectivity index (χ3n) is 6.83. The molecule has 6 heteroatoms. The van der Waals surface area contributed by atoms with Gasteiger partial charge in [-0.05, 0) is 70.6 Å². The highest BCUT2D eigenvalue weighted by Gasteiger charge is 2.14. The minimum atomic E-state index is -1.03. The summed E-state index contributed by atoms with van der Waals surface area (Å²) >= 11 is 0. The topological polar surface area (TPSA) is 92.7 Å². The molecule has 0 aliphatic heterocycles. The van der Waals surface area contributed by atoms with Crippen LogP contribution in [0.1, 0.15) is 149 Å². The molecule has 6 nitrogen and oxygen atoms in total. The van der Waals surface area contributed by atoms with Crippen LogP contribution in [0.25, 0.3) is 0 Å². The maximum absolute atomic E-state index is 12.5. The van der Waals surface area contributed by atoms with Crippen molar-refractivity contribution in [1.29, 1.82) is 0 Å². The maximum Gasteiger partial charge on any atom is 0.322 e. The highest BCUT2D eigenvalue weighted by molar-refractivity contribution is 5.80. The van der Waals surface area contributed by atoms with E-state index in [0.717, 1.165) is 89.9 Å². The molecule has 0 aromatic heterocycles. The number of carboxylic acids is 1. The summed E-state index contributed by atoms with van der Waals surface area (Å²) in [5, 5.41) is 11.0. The molecule has 0 aliphatic rings. The molecule has 1 unspecified atom stereocenters. The fraction of sp³-hybridized carbons (Fsp3) is 0.735. The highest BCUT2D eigenvalue weighted by atomic mass is 16.5. The lowest BCUT2D eigenvalue weighted by molar-refractivity contribution is -0.150. The molecule has 0 heterocycles. The third-order valence-corrected chi connectivity index (χ3v) is 6.83. The Kier molecular flexibility index (Phi) is 27.9. The van der Waals surface area contributed by atoms with Crippen LogP contribution in [-0.2, 0) is 19.1 Å². The van der Waals surface area contributed by atoms with Gasteiger partial charge in [-0.3, -0.25) is 14.4 Å². The van der Waals surface area contributed by atoms with Crippen LogP contribution in [0.4, 0.5) is 0 Å². The lowest BCUT2D eigenvalue weighted by atomic mass is 10.0. The second-order valence-electron chi connectivity index (χ2n) is 10.7. The summed E-state index contributed by atoms with van der Waals surface area (Å²) in [5.41, 5.74) is 0. The molecule has 0 aromatic rings. The predicted molar refractivity (Wildman–Crippen MR) is 166 cm³/mol. The molecule has 230 valence electrons. The van der Waals surface area contributed by atoms with Crippen molar-refractivity contribution in [2.45, 2.75) is 155 Å². The van der Waals surface area contributed by atoms with Gasteiger partial charge in [0.2, 0.25) is 5.91 Å². The molecule has 0 fully saturated rings. The monoisotopic (exact) mass is 561 g/mol. The third kappa shape index (κ3) is 28.6. The summed E-state index contributed by atoms with van der Waals surface area (Å²) in [6, 6.07) is 0. The molecule has 1 atom stereocenters. The summed E-state index contributed by atoms with van der Waals surface area (Å²) in [6.07, 6.45) is 34.0. The standard InChI is InChI=1S/C34H59NO5/c1-3-5-7-9-11-12-13-14-15-16-17-19-25-29-34(39)40-31(26-22-18-10-8-6-4-2)27-23-20-21-24-28-32(36)35-30-33(37)38/h5,7,11-12,14-15,31H,3-4,6,8-10,13,16-30H2,1-2H3,(H,35,36)(H,37,38)/b7-5-,12-11-,15-14-. The van der Waals surface area contributed by atoms with Gasteiger partial charge < -0.3 is 15.2 Å². The van der Waals surface area contributed by atoms with Crippen molar-refractivity contribution < 1.29 is 24.2 Å². The number of hydrogen-bond donors (Lipinski definition) is 2. The normalized spacial score (nSPS) is 12.4. The minimum Gasteiger partial charge on any atom is -0.480 e. The number of carboxylic acid groups (broad SMARTS) is 1. The molecular formula is C34H59NO5. The first kappa shape index (κ1) is 37.6. The van der Waals surface area contributed by atoms with Crippen LogP contribution in [0.2, 0.25) is 0 Å². The number of ether oxygens (including phenoxy) is 1. The van der Waals surface area contributed by atoms with Crippen LogP contribution in [0.3, 0.4) is 0 Å². The Morgan fingerprint density at radius 1 is 0.675 bits per heavy atom. The van der Waals surface area contributed by atoms with Crippen molar-refractivity contribution in [3.63, 3.8) is 0 Å². The van der Waals surface area contributed by atoms with Gasteiger partial charge >= 0.3 is 11.9 Å². The molecule has 0 spiro atoms. The SMILES string of the molecule is CC/C=C\C/C=C\C/C=C\CCCCCC(=O)OC(CCCCCCCC)CCCCCCC(=O)NCC(=O)O. The highest BCUT2D eigenvalue weighted by Crippen LogP contribution is 2.18. The molecule has 1 amide bonds. The number of carbonyl (C=O) groups excluding carboxylic acids is 2. The Labute approximate surface area is 245 Å². The van der Waals surface area contributed by atoms with E-state index in [9.17, 15) is 14.4 Å². The number of hydrogen-bond acceptors (Lipinski definition) is 4. The Hall–Kier alpha value is -2.37. The first-order valence-corrected chi connectivity index (χ1v) is 16.1. The van der Waals surface area contributed by atoms with Gasteiger partial charge in [-0.25, -0.2) is 0 Å². The van der Waals surface area contributed by atoms with Crippen LogP contribution in [0.15, 0.2) is 36.5 Å². The number of allylic oxidation sites excluding steroid dienone is 6. The summed E-state index contributed by atoms with van der Waals surface area (Å²) in [7, 11) is 0. The molecule has 0 bridgehead atoms. The molecule has 0 radical (unpaired) electrons. The van der Waals surface area contributed by atoms with Gasteiger partial charge in [0.05, 0.1) is 0 Å². The van der Waals surface area contributed by atoms with E-state index >= 15 is 0 Å². The fourth-order valence-electron chi connectivity index (χ4n) is 4.47. The van der Waals surface area contributed by atoms with Gasteiger partial charge in [0.15, 0.2) is 0 Å². The minimum absolute atomic E-state index is 0.00834.